The summed E-state index contributed by atoms with van der Waals surface area (Å²) in [6, 6.07) is 6.91. The fourth-order valence-corrected chi connectivity index (χ4v) is 3.67. The predicted octanol–water partition coefficient (Wildman–Crippen LogP) is 3.06. The summed E-state index contributed by atoms with van der Waals surface area (Å²) < 4.78 is 5.49. The first-order valence-corrected chi connectivity index (χ1v) is 8.72. The molecule has 0 radical (unpaired) electrons. The van der Waals surface area contributed by atoms with Crippen molar-refractivity contribution in [1.82, 2.24) is 15.1 Å². The minimum Gasteiger partial charge on any atom is -0.492 e. The molecule has 2 saturated heterocycles. The van der Waals surface area contributed by atoms with Crippen LogP contribution in [0.4, 0.5) is 0 Å². The lowest BCUT2D eigenvalue weighted by Gasteiger charge is -2.37. The maximum Gasteiger partial charge on any atom is 0.137 e. The predicted molar refractivity (Wildman–Crippen MR) is 105 cm³/mol. The molecule has 24 heavy (non-hydrogen) atoms. The zero-order valence-corrected chi connectivity index (χ0v) is 16.6. The Morgan fingerprint density at radius 2 is 1.96 bits per heavy atom. The summed E-state index contributed by atoms with van der Waals surface area (Å²) >= 11 is 6.28. The summed E-state index contributed by atoms with van der Waals surface area (Å²) in [6.45, 7) is 10.6. The Morgan fingerprint density at radius 3 is 2.54 bits per heavy atom. The van der Waals surface area contributed by atoms with Gasteiger partial charge in [-0.2, -0.15) is 0 Å². The van der Waals surface area contributed by atoms with Crippen molar-refractivity contribution in [3.63, 3.8) is 0 Å². The van der Waals surface area contributed by atoms with E-state index in [1.54, 1.807) is 0 Å². The van der Waals surface area contributed by atoms with Gasteiger partial charge in [0.25, 0.3) is 0 Å². The van der Waals surface area contributed by atoms with E-state index >= 15 is 0 Å². The highest BCUT2D eigenvalue weighted by atomic mass is 35.5. The number of ether oxygens (including phenoxy) is 1. The molecule has 7 heteroatoms. The van der Waals surface area contributed by atoms with Gasteiger partial charge in [0.1, 0.15) is 5.75 Å². The highest BCUT2D eigenvalue weighted by molar-refractivity contribution is 6.32. The Bertz CT molecular complexity index is 490. The zero-order chi connectivity index (χ0) is 15.4. The lowest BCUT2D eigenvalue weighted by Crippen LogP contribution is -2.50. The Hall–Kier alpha value is -0.230. The molecule has 1 atom stereocenters. The molecule has 3 rings (SSSR count). The van der Waals surface area contributed by atoms with Crippen molar-refractivity contribution in [2.24, 2.45) is 0 Å². The van der Waals surface area contributed by atoms with Crippen LogP contribution < -0.4 is 10.1 Å². The fraction of sp³-hybridized carbons (Fsp3) is 0.647. The van der Waals surface area contributed by atoms with E-state index < -0.39 is 0 Å². The van der Waals surface area contributed by atoms with Crippen LogP contribution in [0.15, 0.2) is 18.2 Å². The van der Waals surface area contributed by atoms with Crippen LogP contribution >= 0.6 is 36.4 Å². The molecule has 1 aromatic carbocycles. The SMILES string of the molecule is CCOc1ccc(CN2CCN(C3CCNC3)CC2)cc1Cl.Cl.Cl. The van der Waals surface area contributed by atoms with Gasteiger partial charge in [-0.25, -0.2) is 0 Å². The molecule has 4 nitrogen and oxygen atoms in total. The molecule has 0 aliphatic carbocycles. The van der Waals surface area contributed by atoms with Crippen molar-refractivity contribution in [3.8, 4) is 5.75 Å². The number of rotatable bonds is 5. The third-order valence-electron chi connectivity index (χ3n) is 4.66. The molecule has 0 spiro atoms. The molecule has 1 unspecified atom stereocenters. The highest BCUT2D eigenvalue weighted by Gasteiger charge is 2.25. The molecular formula is C17H28Cl3N3O. The maximum absolute atomic E-state index is 6.28. The van der Waals surface area contributed by atoms with E-state index in [4.69, 9.17) is 16.3 Å². The fourth-order valence-electron chi connectivity index (χ4n) is 3.41. The average Bonchev–Trinajstić information content (AvgIpc) is 3.05. The van der Waals surface area contributed by atoms with Crippen molar-refractivity contribution in [1.29, 1.82) is 0 Å². The third kappa shape index (κ3) is 5.65. The molecule has 0 amide bonds. The van der Waals surface area contributed by atoms with Crippen LogP contribution in [0.5, 0.6) is 5.75 Å². The summed E-state index contributed by atoms with van der Waals surface area (Å²) in [4.78, 5) is 5.16. The van der Waals surface area contributed by atoms with Gasteiger partial charge in [0.15, 0.2) is 0 Å². The van der Waals surface area contributed by atoms with Gasteiger partial charge < -0.3 is 10.1 Å². The van der Waals surface area contributed by atoms with Gasteiger partial charge in [0, 0.05) is 45.3 Å². The first-order valence-electron chi connectivity index (χ1n) is 8.34. The van der Waals surface area contributed by atoms with Crippen LogP contribution in [-0.4, -0.2) is 61.7 Å². The normalized spacial score (nSPS) is 21.8. The molecule has 0 aromatic heterocycles. The molecule has 0 bridgehead atoms. The maximum atomic E-state index is 6.28. The van der Waals surface area contributed by atoms with E-state index in [1.165, 1.54) is 31.6 Å². The monoisotopic (exact) mass is 395 g/mol. The number of hydrogen-bond donors (Lipinski definition) is 1. The van der Waals surface area contributed by atoms with Crippen molar-refractivity contribution in [2.75, 3.05) is 45.9 Å². The van der Waals surface area contributed by atoms with Gasteiger partial charge in [-0.3, -0.25) is 9.80 Å². The molecule has 138 valence electrons. The average molecular weight is 397 g/mol. The molecule has 2 fully saturated rings. The van der Waals surface area contributed by atoms with Gasteiger partial charge >= 0.3 is 0 Å². The second-order valence-electron chi connectivity index (χ2n) is 6.16. The number of benzene rings is 1. The van der Waals surface area contributed by atoms with E-state index in [9.17, 15) is 0 Å². The summed E-state index contributed by atoms with van der Waals surface area (Å²) in [5.41, 5.74) is 1.27. The second-order valence-corrected chi connectivity index (χ2v) is 6.56. The lowest BCUT2D eigenvalue weighted by molar-refractivity contribution is 0.0981. The van der Waals surface area contributed by atoms with Crippen molar-refractivity contribution in [2.45, 2.75) is 25.9 Å². The minimum absolute atomic E-state index is 0. The van der Waals surface area contributed by atoms with Crippen LogP contribution in [-0.2, 0) is 6.54 Å². The van der Waals surface area contributed by atoms with E-state index in [0.29, 0.717) is 6.61 Å². The van der Waals surface area contributed by atoms with E-state index in [-0.39, 0.29) is 24.8 Å². The standard InChI is InChI=1S/C17H26ClN3O.2ClH/c1-2-22-17-4-3-14(11-16(17)18)13-20-7-9-21(10-8-20)15-5-6-19-12-15;;/h3-4,11,15,19H,2,5-10,12-13H2,1H3;2*1H. The van der Waals surface area contributed by atoms with E-state index in [2.05, 4.69) is 21.2 Å². The van der Waals surface area contributed by atoms with Crippen molar-refractivity contribution < 1.29 is 4.74 Å². The summed E-state index contributed by atoms with van der Waals surface area (Å²) in [6.07, 6.45) is 1.30. The third-order valence-corrected chi connectivity index (χ3v) is 4.96. The van der Waals surface area contributed by atoms with Crippen LogP contribution in [0, 0.1) is 0 Å². The van der Waals surface area contributed by atoms with Crippen molar-refractivity contribution >= 4 is 36.4 Å². The van der Waals surface area contributed by atoms with E-state index in [1.807, 2.05) is 19.1 Å². The lowest BCUT2D eigenvalue weighted by atomic mass is 10.1. The first-order chi connectivity index (χ1) is 10.8. The number of nitrogens with zero attached hydrogens (tertiary/aromatic N) is 2. The first kappa shape index (κ1) is 21.8. The van der Waals surface area contributed by atoms with Gasteiger partial charge in [-0.15, -0.1) is 24.8 Å². The molecule has 2 aliphatic rings. The summed E-state index contributed by atoms with van der Waals surface area (Å²) in [5.74, 6) is 0.784. The molecule has 1 aromatic rings. The molecule has 2 aliphatic heterocycles. The number of piperazine rings is 1. The van der Waals surface area contributed by atoms with Crippen LogP contribution in [0.2, 0.25) is 5.02 Å². The zero-order valence-electron chi connectivity index (χ0n) is 14.2. The summed E-state index contributed by atoms with van der Waals surface area (Å²) in [7, 11) is 0. The summed E-state index contributed by atoms with van der Waals surface area (Å²) in [5, 5.41) is 4.18. The van der Waals surface area contributed by atoms with Crippen LogP contribution in [0.3, 0.4) is 0 Å². The molecule has 0 saturated carbocycles. The number of halogens is 3. The van der Waals surface area contributed by atoms with Gasteiger partial charge in [-0.05, 0) is 37.6 Å². The Kier molecular flexibility index (Phi) is 9.72. The molecular weight excluding hydrogens is 369 g/mol. The number of hydrogen-bond acceptors (Lipinski definition) is 4. The molecule has 1 N–H and O–H groups in total. The number of nitrogens with one attached hydrogen (secondary N) is 1. The Morgan fingerprint density at radius 1 is 1.21 bits per heavy atom. The smallest absolute Gasteiger partial charge is 0.137 e. The highest BCUT2D eigenvalue weighted by Crippen LogP contribution is 2.26. The Labute approximate surface area is 162 Å². The second kappa shape index (κ2) is 10.7. The van der Waals surface area contributed by atoms with Crippen LogP contribution in [0.25, 0.3) is 0 Å². The van der Waals surface area contributed by atoms with Gasteiger partial charge in [0.2, 0.25) is 0 Å². The quantitative estimate of drug-likeness (QED) is 0.828. The van der Waals surface area contributed by atoms with E-state index in [0.717, 1.165) is 43.0 Å². The topological polar surface area (TPSA) is 27.7 Å². The van der Waals surface area contributed by atoms with Crippen LogP contribution in [0.1, 0.15) is 18.9 Å². The molecule has 2 heterocycles. The minimum atomic E-state index is 0. The van der Waals surface area contributed by atoms with Gasteiger partial charge in [0.05, 0.1) is 11.6 Å². The Balaban J connectivity index is 0.00000144. The largest absolute Gasteiger partial charge is 0.492 e. The van der Waals surface area contributed by atoms with Crippen molar-refractivity contribution in [3.05, 3.63) is 28.8 Å². The van der Waals surface area contributed by atoms with Gasteiger partial charge in [-0.1, -0.05) is 17.7 Å².